The lowest BCUT2D eigenvalue weighted by atomic mass is 10.2. The van der Waals surface area contributed by atoms with E-state index in [1.165, 1.54) is 0 Å². The lowest BCUT2D eigenvalue weighted by Crippen LogP contribution is -1.97. The van der Waals surface area contributed by atoms with Crippen LogP contribution in [0.15, 0.2) is 46.5 Å². The van der Waals surface area contributed by atoms with Crippen molar-refractivity contribution in [1.82, 2.24) is 0 Å². The molecule has 0 unspecified atom stereocenters. The van der Waals surface area contributed by atoms with Gasteiger partial charge >= 0.3 is 0 Å². The first-order valence-corrected chi connectivity index (χ1v) is 5.03. The molecule has 4 heteroatoms. The van der Waals surface area contributed by atoms with Crippen LogP contribution < -0.4 is 0 Å². The van der Waals surface area contributed by atoms with Crippen molar-refractivity contribution in [2.45, 2.75) is 20.3 Å². The number of hydrogen-bond acceptors (Lipinski definition) is 4. The van der Waals surface area contributed by atoms with Crippen molar-refractivity contribution in [3.8, 4) is 0 Å². The van der Waals surface area contributed by atoms with Gasteiger partial charge < -0.3 is 5.11 Å². The van der Waals surface area contributed by atoms with Crippen LogP contribution in [0.3, 0.4) is 0 Å². The van der Waals surface area contributed by atoms with Gasteiger partial charge in [-0.2, -0.15) is 5.11 Å². The fraction of sp³-hybridized carbons (Fsp3) is 0.250. The first-order valence-electron chi connectivity index (χ1n) is 5.03. The minimum absolute atomic E-state index is 0.0249. The molecular weight excluding hydrogens is 204 g/mol. The molecule has 0 bridgehead atoms. The molecule has 0 aromatic heterocycles. The molecule has 84 valence electrons. The highest BCUT2D eigenvalue weighted by molar-refractivity contribution is 5.94. The highest BCUT2D eigenvalue weighted by Gasteiger charge is 2.05. The molecule has 0 radical (unpaired) electrons. The number of Topliss-reactive ketones (excluding diaryl/α,β-unsaturated/α-hetero) is 1. The molecule has 0 saturated carbocycles. The van der Waals surface area contributed by atoms with Crippen LogP contribution in [0.25, 0.3) is 0 Å². The summed E-state index contributed by atoms with van der Waals surface area (Å²) in [4.78, 5) is 11.2. The summed E-state index contributed by atoms with van der Waals surface area (Å²) in [7, 11) is 0. The summed E-state index contributed by atoms with van der Waals surface area (Å²) < 4.78 is 0. The minimum atomic E-state index is -0.238. The molecule has 1 aromatic carbocycles. The van der Waals surface area contributed by atoms with E-state index in [0.717, 1.165) is 5.56 Å². The number of carbonyl (C=O) groups excluding carboxylic acids is 1. The molecule has 0 fully saturated rings. The van der Waals surface area contributed by atoms with Crippen molar-refractivity contribution in [1.29, 1.82) is 0 Å². The normalized spacial score (nSPS) is 12.0. The number of carbonyl (C=O) groups is 1. The van der Waals surface area contributed by atoms with Gasteiger partial charge in [-0.05, 0) is 19.1 Å². The molecule has 1 N–H and O–H groups in total. The Morgan fingerprint density at radius 2 is 2.00 bits per heavy atom. The predicted molar refractivity (Wildman–Crippen MR) is 61.7 cm³/mol. The van der Waals surface area contributed by atoms with Crippen molar-refractivity contribution in [3.05, 3.63) is 41.8 Å². The van der Waals surface area contributed by atoms with E-state index in [0.29, 0.717) is 18.4 Å². The lowest BCUT2D eigenvalue weighted by Gasteiger charge is -1.95. The van der Waals surface area contributed by atoms with E-state index in [-0.39, 0.29) is 11.5 Å². The average molecular weight is 218 g/mol. The highest BCUT2D eigenvalue weighted by Crippen LogP contribution is 2.14. The second-order valence-corrected chi connectivity index (χ2v) is 3.33. The lowest BCUT2D eigenvalue weighted by molar-refractivity contribution is -0.115. The smallest absolute Gasteiger partial charge is 0.185 e. The van der Waals surface area contributed by atoms with Crippen molar-refractivity contribution in [2.75, 3.05) is 0 Å². The van der Waals surface area contributed by atoms with Gasteiger partial charge in [-0.15, -0.1) is 5.11 Å². The average Bonchev–Trinajstić information content (AvgIpc) is 2.31. The molecule has 4 nitrogen and oxygen atoms in total. The number of aryl methyl sites for hydroxylation is 1. The zero-order valence-electron chi connectivity index (χ0n) is 9.34. The molecule has 0 amide bonds. The van der Waals surface area contributed by atoms with Gasteiger partial charge in [0.2, 0.25) is 0 Å². The molecule has 1 rings (SSSR count). The van der Waals surface area contributed by atoms with Gasteiger partial charge in [0.05, 0.1) is 5.69 Å². The first kappa shape index (κ1) is 12.1. The Bertz CT molecular complexity index is 419. The number of allylic oxidation sites excluding steroid dienone is 1. The van der Waals surface area contributed by atoms with E-state index in [1.54, 1.807) is 19.1 Å². The number of aliphatic hydroxyl groups is 1. The Kier molecular flexibility index (Phi) is 4.39. The fourth-order valence-corrected chi connectivity index (χ4v) is 1.06. The van der Waals surface area contributed by atoms with E-state index in [4.69, 9.17) is 5.11 Å². The predicted octanol–water partition coefficient (Wildman–Crippen LogP) is 3.46. The quantitative estimate of drug-likeness (QED) is 0.478. The first-order chi connectivity index (χ1) is 7.67. The van der Waals surface area contributed by atoms with Gasteiger partial charge in [0.15, 0.2) is 11.5 Å². The van der Waals surface area contributed by atoms with Crippen LogP contribution in [0.4, 0.5) is 5.69 Å². The number of ketones is 1. The molecule has 0 spiro atoms. The van der Waals surface area contributed by atoms with Crippen LogP contribution in [0, 0.1) is 6.92 Å². The van der Waals surface area contributed by atoms with Crippen molar-refractivity contribution in [2.24, 2.45) is 10.2 Å². The molecule has 0 heterocycles. The van der Waals surface area contributed by atoms with Gasteiger partial charge in [0.25, 0.3) is 0 Å². The van der Waals surface area contributed by atoms with Crippen molar-refractivity contribution < 1.29 is 9.90 Å². The van der Waals surface area contributed by atoms with E-state index in [2.05, 4.69) is 10.2 Å². The fourth-order valence-electron chi connectivity index (χ4n) is 1.06. The number of rotatable bonds is 4. The maximum Gasteiger partial charge on any atom is 0.185 e. The van der Waals surface area contributed by atoms with Crippen LogP contribution in [0.5, 0.6) is 0 Å². The largest absolute Gasteiger partial charge is 0.513 e. The van der Waals surface area contributed by atoms with E-state index >= 15 is 0 Å². The Hall–Kier alpha value is -1.97. The second-order valence-electron chi connectivity index (χ2n) is 3.33. The summed E-state index contributed by atoms with van der Waals surface area (Å²) in [6, 6.07) is 7.39. The summed E-state index contributed by atoms with van der Waals surface area (Å²) in [5, 5.41) is 16.4. The zero-order valence-corrected chi connectivity index (χ0v) is 9.34. The minimum Gasteiger partial charge on any atom is -0.513 e. The number of hydrogen-bond donors (Lipinski definition) is 1. The highest BCUT2D eigenvalue weighted by atomic mass is 16.2. The third-order valence-corrected chi connectivity index (χ3v) is 2.04. The van der Waals surface area contributed by atoms with E-state index in [1.807, 2.05) is 19.1 Å². The van der Waals surface area contributed by atoms with Gasteiger partial charge in [-0.1, -0.05) is 24.6 Å². The molecule has 16 heavy (non-hydrogen) atoms. The molecule has 0 aliphatic rings. The SMILES string of the molecule is CCC(=O)/C(=C\O)N=Nc1ccc(C)cc1. The third kappa shape index (κ3) is 3.31. The summed E-state index contributed by atoms with van der Waals surface area (Å²) in [6.45, 7) is 3.67. The standard InChI is InChI=1S/C12H14N2O2/c1-3-12(16)11(8-15)14-13-10-6-4-9(2)5-7-10/h4-8,15H,3H2,1-2H3/b11-8+,14-13?. The van der Waals surface area contributed by atoms with Crippen LogP contribution in [0.1, 0.15) is 18.9 Å². The van der Waals surface area contributed by atoms with Crippen molar-refractivity contribution in [3.63, 3.8) is 0 Å². The van der Waals surface area contributed by atoms with Crippen LogP contribution in [-0.4, -0.2) is 10.9 Å². The molecule has 0 atom stereocenters. The Morgan fingerprint density at radius 1 is 1.38 bits per heavy atom. The molecule has 0 saturated heterocycles. The Balaban J connectivity index is 2.80. The number of azo groups is 1. The van der Waals surface area contributed by atoms with Gasteiger partial charge in [-0.3, -0.25) is 4.79 Å². The molecular formula is C12H14N2O2. The summed E-state index contributed by atoms with van der Waals surface area (Å²) >= 11 is 0. The Labute approximate surface area is 94.3 Å². The van der Waals surface area contributed by atoms with E-state index < -0.39 is 0 Å². The zero-order chi connectivity index (χ0) is 12.0. The Morgan fingerprint density at radius 3 is 2.50 bits per heavy atom. The van der Waals surface area contributed by atoms with E-state index in [9.17, 15) is 4.79 Å². The monoisotopic (exact) mass is 218 g/mol. The third-order valence-electron chi connectivity index (χ3n) is 2.04. The van der Waals surface area contributed by atoms with Crippen molar-refractivity contribution >= 4 is 11.5 Å². The second kappa shape index (κ2) is 5.80. The van der Waals surface area contributed by atoms with Crippen LogP contribution >= 0.6 is 0 Å². The number of nitrogens with zero attached hydrogens (tertiary/aromatic N) is 2. The number of benzene rings is 1. The maximum absolute atomic E-state index is 11.2. The molecule has 0 aliphatic carbocycles. The van der Waals surface area contributed by atoms with Gasteiger partial charge in [0, 0.05) is 6.42 Å². The van der Waals surface area contributed by atoms with Gasteiger partial charge in [-0.25, -0.2) is 0 Å². The van der Waals surface area contributed by atoms with Gasteiger partial charge in [0.1, 0.15) is 6.26 Å². The van der Waals surface area contributed by atoms with Crippen LogP contribution in [-0.2, 0) is 4.79 Å². The summed E-state index contributed by atoms with van der Waals surface area (Å²) in [5.41, 5.74) is 1.75. The number of aliphatic hydroxyl groups excluding tert-OH is 1. The summed E-state index contributed by atoms with van der Waals surface area (Å²) in [5.74, 6) is -0.238. The maximum atomic E-state index is 11.2. The molecule has 0 aliphatic heterocycles. The summed E-state index contributed by atoms with van der Waals surface area (Å²) in [6.07, 6.45) is 0.975. The molecule has 1 aromatic rings. The topological polar surface area (TPSA) is 62.0 Å². The van der Waals surface area contributed by atoms with Crippen LogP contribution in [0.2, 0.25) is 0 Å².